The molecule has 1 atom stereocenters. The maximum atomic E-state index is 12.3. The molecule has 1 aliphatic rings. The number of nitrogens with one attached hydrogen (secondary N) is 1. The van der Waals surface area contributed by atoms with E-state index in [1.54, 1.807) is 0 Å². The molecule has 1 fully saturated rings. The van der Waals surface area contributed by atoms with Gasteiger partial charge in [0.25, 0.3) is 0 Å². The SMILES string of the molecule is CC(Nc1ccc(Br)cc1Br)C(=O)N1CCCCC1. The maximum absolute atomic E-state index is 12.3. The van der Waals surface area contributed by atoms with E-state index in [-0.39, 0.29) is 11.9 Å². The molecule has 0 bridgehead atoms. The van der Waals surface area contributed by atoms with Crippen molar-refractivity contribution in [3.05, 3.63) is 27.1 Å². The molecular weight excluding hydrogens is 372 g/mol. The van der Waals surface area contributed by atoms with Gasteiger partial charge < -0.3 is 10.2 Å². The van der Waals surface area contributed by atoms with Crippen molar-refractivity contribution < 1.29 is 4.79 Å². The molecule has 1 N–H and O–H groups in total. The Balaban J connectivity index is 1.99. The Morgan fingerprint density at radius 3 is 2.58 bits per heavy atom. The van der Waals surface area contributed by atoms with E-state index in [0.29, 0.717) is 0 Å². The van der Waals surface area contributed by atoms with Crippen molar-refractivity contribution in [3.63, 3.8) is 0 Å². The topological polar surface area (TPSA) is 32.3 Å². The first-order valence-corrected chi connectivity index (χ1v) is 8.17. The molecule has 104 valence electrons. The predicted molar refractivity (Wildman–Crippen MR) is 85.4 cm³/mol. The summed E-state index contributed by atoms with van der Waals surface area (Å²) >= 11 is 6.92. The van der Waals surface area contributed by atoms with Gasteiger partial charge in [-0.2, -0.15) is 0 Å². The molecule has 3 nitrogen and oxygen atoms in total. The molecule has 1 amide bonds. The molecule has 5 heteroatoms. The van der Waals surface area contributed by atoms with Gasteiger partial charge in [0.2, 0.25) is 5.91 Å². The quantitative estimate of drug-likeness (QED) is 0.846. The summed E-state index contributed by atoms with van der Waals surface area (Å²) in [6, 6.07) is 5.70. The highest BCUT2D eigenvalue weighted by Gasteiger charge is 2.22. The highest BCUT2D eigenvalue weighted by Crippen LogP contribution is 2.27. The van der Waals surface area contributed by atoms with E-state index in [0.717, 1.165) is 40.6 Å². The Morgan fingerprint density at radius 1 is 1.26 bits per heavy atom. The number of piperidine rings is 1. The largest absolute Gasteiger partial charge is 0.373 e. The van der Waals surface area contributed by atoms with E-state index in [1.807, 2.05) is 30.0 Å². The smallest absolute Gasteiger partial charge is 0.244 e. The fourth-order valence-electron chi connectivity index (χ4n) is 2.29. The van der Waals surface area contributed by atoms with Crippen molar-refractivity contribution in [2.75, 3.05) is 18.4 Å². The number of amides is 1. The van der Waals surface area contributed by atoms with Crippen LogP contribution >= 0.6 is 31.9 Å². The number of nitrogens with zero attached hydrogens (tertiary/aromatic N) is 1. The van der Waals surface area contributed by atoms with Crippen LogP contribution in [0.25, 0.3) is 0 Å². The zero-order chi connectivity index (χ0) is 13.8. The molecule has 0 aromatic heterocycles. The van der Waals surface area contributed by atoms with Gasteiger partial charge in [0.1, 0.15) is 6.04 Å². The van der Waals surface area contributed by atoms with Crippen LogP contribution < -0.4 is 5.32 Å². The van der Waals surface area contributed by atoms with Crippen LogP contribution in [0.15, 0.2) is 27.1 Å². The average molecular weight is 390 g/mol. The molecule has 0 radical (unpaired) electrons. The third-order valence-electron chi connectivity index (χ3n) is 3.34. The molecule has 1 aliphatic heterocycles. The highest BCUT2D eigenvalue weighted by molar-refractivity contribution is 9.11. The lowest BCUT2D eigenvalue weighted by atomic mass is 10.1. The molecular formula is C14H18Br2N2O. The first-order chi connectivity index (χ1) is 9.08. The van der Waals surface area contributed by atoms with Crippen molar-refractivity contribution in [3.8, 4) is 0 Å². The number of benzene rings is 1. The minimum atomic E-state index is -0.199. The number of anilines is 1. The number of carbonyl (C=O) groups excluding carboxylic acids is 1. The van der Waals surface area contributed by atoms with Gasteiger partial charge in [0.15, 0.2) is 0 Å². The summed E-state index contributed by atoms with van der Waals surface area (Å²) in [6.07, 6.45) is 3.49. The van der Waals surface area contributed by atoms with Crippen LogP contribution in [0.3, 0.4) is 0 Å². The monoisotopic (exact) mass is 388 g/mol. The Bertz CT molecular complexity index is 459. The number of likely N-dealkylation sites (tertiary alicyclic amines) is 1. The Kier molecular flexibility index (Phi) is 5.28. The lowest BCUT2D eigenvalue weighted by molar-refractivity contribution is -0.132. The van der Waals surface area contributed by atoms with E-state index in [4.69, 9.17) is 0 Å². The first-order valence-electron chi connectivity index (χ1n) is 6.58. The van der Waals surface area contributed by atoms with Crippen molar-refractivity contribution in [1.29, 1.82) is 0 Å². The van der Waals surface area contributed by atoms with Gasteiger partial charge in [0, 0.05) is 27.7 Å². The van der Waals surface area contributed by atoms with Gasteiger partial charge in [-0.1, -0.05) is 15.9 Å². The van der Waals surface area contributed by atoms with Gasteiger partial charge in [0.05, 0.1) is 0 Å². The van der Waals surface area contributed by atoms with E-state index in [9.17, 15) is 4.79 Å². The molecule has 0 aliphatic carbocycles. The van der Waals surface area contributed by atoms with Gasteiger partial charge in [-0.15, -0.1) is 0 Å². The standard InChI is InChI=1S/C14H18Br2N2O/c1-10(14(19)18-7-3-2-4-8-18)17-13-6-5-11(15)9-12(13)16/h5-6,9-10,17H,2-4,7-8H2,1H3. The zero-order valence-electron chi connectivity index (χ0n) is 11.0. The molecule has 1 aromatic rings. The Hall–Kier alpha value is -0.550. The number of halogens is 2. The van der Waals surface area contributed by atoms with Gasteiger partial charge in [-0.05, 0) is 60.3 Å². The second-order valence-electron chi connectivity index (χ2n) is 4.88. The molecule has 2 rings (SSSR count). The number of carbonyl (C=O) groups is 1. The van der Waals surface area contributed by atoms with Crippen LogP contribution in [0.4, 0.5) is 5.69 Å². The van der Waals surface area contributed by atoms with Crippen LogP contribution in [0, 0.1) is 0 Å². The lowest BCUT2D eigenvalue weighted by Crippen LogP contribution is -2.43. The number of hydrogen-bond acceptors (Lipinski definition) is 2. The molecule has 1 unspecified atom stereocenters. The van der Waals surface area contributed by atoms with Crippen molar-refractivity contribution in [2.45, 2.75) is 32.2 Å². The lowest BCUT2D eigenvalue weighted by Gasteiger charge is -2.30. The van der Waals surface area contributed by atoms with Crippen molar-refractivity contribution in [2.24, 2.45) is 0 Å². The Labute approximate surface area is 131 Å². The highest BCUT2D eigenvalue weighted by atomic mass is 79.9. The molecule has 19 heavy (non-hydrogen) atoms. The van der Waals surface area contributed by atoms with E-state index in [2.05, 4.69) is 37.2 Å². The summed E-state index contributed by atoms with van der Waals surface area (Å²) in [5.41, 5.74) is 0.945. The average Bonchev–Trinajstić information content (AvgIpc) is 2.42. The van der Waals surface area contributed by atoms with Gasteiger partial charge >= 0.3 is 0 Å². The van der Waals surface area contributed by atoms with E-state index < -0.39 is 0 Å². The van der Waals surface area contributed by atoms with E-state index >= 15 is 0 Å². The van der Waals surface area contributed by atoms with Gasteiger partial charge in [-0.3, -0.25) is 4.79 Å². The van der Waals surface area contributed by atoms with Crippen molar-refractivity contribution >= 4 is 43.5 Å². The number of rotatable bonds is 3. The molecule has 0 saturated carbocycles. The van der Waals surface area contributed by atoms with Crippen LogP contribution in [-0.4, -0.2) is 29.9 Å². The first kappa shape index (κ1) is 14.9. The fourth-order valence-corrected chi connectivity index (χ4v) is 3.45. The fraction of sp³-hybridized carbons (Fsp3) is 0.500. The third-order valence-corrected chi connectivity index (χ3v) is 4.49. The summed E-state index contributed by atoms with van der Waals surface area (Å²) < 4.78 is 1.97. The third kappa shape index (κ3) is 3.96. The van der Waals surface area contributed by atoms with Crippen molar-refractivity contribution in [1.82, 2.24) is 4.90 Å². The summed E-state index contributed by atoms with van der Waals surface area (Å²) in [5, 5.41) is 3.28. The second-order valence-corrected chi connectivity index (χ2v) is 6.65. The maximum Gasteiger partial charge on any atom is 0.244 e. The van der Waals surface area contributed by atoms with E-state index in [1.165, 1.54) is 6.42 Å². The molecule has 1 heterocycles. The second kappa shape index (κ2) is 6.75. The summed E-state index contributed by atoms with van der Waals surface area (Å²) in [6.45, 7) is 3.71. The minimum absolute atomic E-state index is 0.189. The predicted octanol–water partition coefficient (Wildman–Crippen LogP) is 4.02. The summed E-state index contributed by atoms with van der Waals surface area (Å²) in [7, 11) is 0. The summed E-state index contributed by atoms with van der Waals surface area (Å²) in [4.78, 5) is 14.3. The molecule has 1 aromatic carbocycles. The minimum Gasteiger partial charge on any atom is -0.373 e. The van der Waals surface area contributed by atoms with Crippen LogP contribution in [-0.2, 0) is 4.79 Å². The van der Waals surface area contributed by atoms with Crippen LogP contribution in [0.1, 0.15) is 26.2 Å². The zero-order valence-corrected chi connectivity index (χ0v) is 14.1. The van der Waals surface area contributed by atoms with Crippen LogP contribution in [0.2, 0.25) is 0 Å². The number of hydrogen-bond donors (Lipinski definition) is 1. The normalized spacial score (nSPS) is 17.1. The Morgan fingerprint density at radius 2 is 1.95 bits per heavy atom. The van der Waals surface area contributed by atoms with Gasteiger partial charge in [-0.25, -0.2) is 0 Å². The summed E-state index contributed by atoms with van der Waals surface area (Å²) in [5.74, 6) is 0.189. The molecule has 1 saturated heterocycles. The van der Waals surface area contributed by atoms with Crippen LogP contribution in [0.5, 0.6) is 0 Å². The molecule has 0 spiro atoms.